The van der Waals surface area contributed by atoms with E-state index in [1.54, 1.807) is 0 Å². The van der Waals surface area contributed by atoms with Crippen molar-refractivity contribution < 1.29 is 19.3 Å². The largest absolute Gasteiger partial charge is 0.389 e. The summed E-state index contributed by atoms with van der Waals surface area (Å²) in [4.78, 5) is 0. The van der Waals surface area contributed by atoms with Gasteiger partial charge in [0, 0.05) is 6.54 Å². The summed E-state index contributed by atoms with van der Waals surface area (Å²) in [5.41, 5.74) is 0.438. The molecule has 6 heteroatoms. The molecule has 0 saturated carbocycles. The fourth-order valence-electron chi connectivity index (χ4n) is 2.85. The van der Waals surface area contributed by atoms with E-state index in [2.05, 4.69) is 19.2 Å². The Labute approximate surface area is 157 Å². The fraction of sp³-hybridized carbons (Fsp3) is 0.684. The van der Waals surface area contributed by atoms with Crippen LogP contribution in [0, 0.1) is 5.92 Å². The zero-order valence-electron chi connectivity index (χ0n) is 15.4. The number of ether oxygens (including phenoxy) is 3. The molecule has 0 aliphatic carbocycles. The molecule has 144 valence electrons. The third kappa shape index (κ3) is 7.21. The van der Waals surface area contributed by atoms with Crippen molar-refractivity contribution in [1.82, 2.24) is 5.32 Å². The fourth-order valence-corrected chi connectivity index (χ4v) is 2.85. The Morgan fingerprint density at radius 3 is 2.64 bits per heavy atom. The van der Waals surface area contributed by atoms with Crippen molar-refractivity contribution >= 4 is 12.4 Å². The SMILES string of the molecule is CC(C)CNCC(O)COCC1(c2ccccc2)COCC(C)O1.Cl. The second-order valence-corrected chi connectivity index (χ2v) is 7.02. The van der Waals surface area contributed by atoms with E-state index in [9.17, 15) is 5.11 Å². The molecular formula is C19H32ClNO4. The van der Waals surface area contributed by atoms with E-state index in [1.807, 2.05) is 37.3 Å². The summed E-state index contributed by atoms with van der Waals surface area (Å²) in [5, 5.41) is 13.3. The lowest BCUT2D eigenvalue weighted by molar-refractivity contribution is -0.222. The van der Waals surface area contributed by atoms with Crippen molar-refractivity contribution in [3.05, 3.63) is 35.9 Å². The number of hydrogen-bond donors (Lipinski definition) is 2. The third-order valence-electron chi connectivity index (χ3n) is 3.99. The summed E-state index contributed by atoms with van der Waals surface area (Å²) in [7, 11) is 0. The number of rotatable bonds is 9. The van der Waals surface area contributed by atoms with Gasteiger partial charge in [-0.3, -0.25) is 0 Å². The number of hydrogen-bond acceptors (Lipinski definition) is 5. The highest BCUT2D eigenvalue weighted by Crippen LogP contribution is 2.31. The van der Waals surface area contributed by atoms with Crippen LogP contribution in [-0.2, 0) is 19.8 Å². The number of nitrogens with one attached hydrogen (secondary N) is 1. The van der Waals surface area contributed by atoms with Crippen LogP contribution < -0.4 is 5.32 Å². The first-order valence-corrected chi connectivity index (χ1v) is 8.79. The minimum Gasteiger partial charge on any atom is -0.389 e. The van der Waals surface area contributed by atoms with Gasteiger partial charge < -0.3 is 24.6 Å². The molecule has 1 aromatic rings. The van der Waals surface area contributed by atoms with E-state index in [-0.39, 0.29) is 25.1 Å². The summed E-state index contributed by atoms with van der Waals surface area (Å²) in [5.74, 6) is 0.564. The maximum atomic E-state index is 10.0. The highest BCUT2D eigenvalue weighted by molar-refractivity contribution is 5.85. The maximum absolute atomic E-state index is 10.0. The Morgan fingerprint density at radius 1 is 1.28 bits per heavy atom. The topological polar surface area (TPSA) is 60.0 Å². The normalized spacial score (nSPS) is 24.8. The van der Waals surface area contributed by atoms with Crippen molar-refractivity contribution in [2.24, 2.45) is 5.92 Å². The van der Waals surface area contributed by atoms with E-state index in [0.717, 1.165) is 12.1 Å². The van der Waals surface area contributed by atoms with Gasteiger partial charge >= 0.3 is 0 Å². The van der Waals surface area contributed by atoms with Crippen molar-refractivity contribution in [2.75, 3.05) is 39.5 Å². The van der Waals surface area contributed by atoms with E-state index >= 15 is 0 Å². The molecule has 0 bridgehead atoms. The summed E-state index contributed by atoms with van der Waals surface area (Å²) in [6.45, 7) is 9.40. The van der Waals surface area contributed by atoms with Crippen LogP contribution in [0.5, 0.6) is 0 Å². The molecule has 0 amide bonds. The van der Waals surface area contributed by atoms with Gasteiger partial charge in [0.1, 0.15) is 5.60 Å². The third-order valence-corrected chi connectivity index (χ3v) is 3.99. The summed E-state index contributed by atoms with van der Waals surface area (Å²) in [6, 6.07) is 10.0. The van der Waals surface area contributed by atoms with Crippen LogP contribution in [-0.4, -0.2) is 56.8 Å². The number of halogens is 1. The zero-order chi connectivity index (χ0) is 17.4. The first-order chi connectivity index (χ1) is 11.5. The molecule has 2 N–H and O–H groups in total. The molecular weight excluding hydrogens is 342 g/mol. The van der Waals surface area contributed by atoms with Gasteiger partial charge in [-0.05, 0) is 24.9 Å². The predicted octanol–water partition coefficient (Wildman–Crippen LogP) is 2.36. The molecule has 5 nitrogen and oxygen atoms in total. The Morgan fingerprint density at radius 2 is 2.00 bits per heavy atom. The first kappa shape index (κ1) is 22.4. The van der Waals surface area contributed by atoms with Crippen LogP contribution >= 0.6 is 12.4 Å². The number of aliphatic hydroxyl groups excluding tert-OH is 1. The van der Waals surface area contributed by atoms with Crippen LogP contribution in [0.3, 0.4) is 0 Å². The summed E-state index contributed by atoms with van der Waals surface area (Å²) < 4.78 is 17.7. The lowest BCUT2D eigenvalue weighted by Crippen LogP contribution is -2.48. The number of benzene rings is 1. The lowest BCUT2D eigenvalue weighted by atomic mass is 9.94. The van der Waals surface area contributed by atoms with Gasteiger partial charge in [0.2, 0.25) is 0 Å². The lowest BCUT2D eigenvalue weighted by Gasteiger charge is -2.40. The molecule has 1 fully saturated rings. The van der Waals surface area contributed by atoms with E-state index in [1.165, 1.54) is 0 Å². The molecule has 2 rings (SSSR count). The molecule has 3 atom stereocenters. The Balaban J connectivity index is 0.00000312. The van der Waals surface area contributed by atoms with Gasteiger partial charge in [-0.1, -0.05) is 44.2 Å². The van der Waals surface area contributed by atoms with Gasteiger partial charge in [0.15, 0.2) is 0 Å². The molecule has 1 aromatic carbocycles. The average molecular weight is 374 g/mol. The number of aliphatic hydroxyl groups is 1. The quantitative estimate of drug-likeness (QED) is 0.695. The van der Waals surface area contributed by atoms with Crippen molar-refractivity contribution in [3.8, 4) is 0 Å². The minimum absolute atomic E-state index is 0. The van der Waals surface area contributed by atoms with Crippen LogP contribution in [0.2, 0.25) is 0 Å². The second-order valence-electron chi connectivity index (χ2n) is 7.02. The van der Waals surface area contributed by atoms with Crippen molar-refractivity contribution in [3.63, 3.8) is 0 Å². The van der Waals surface area contributed by atoms with Crippen LogP contribution in [0.25, 0.3) is 0 Å². The minimum atomic E-state index is -0.607. The molecule has 1 aliphatic rings. The van der Waals surface area contributed by atoms with Gasteiger partial charge in [-0.25, -0.2) is 0 Å². The monoisotopic (exact) mass is 373 g/mol. The van der Waals surface area contributed by atoms with Crippen LogP contribution in [0.1, 0.15) is 26.3 Å². The van der Waals surface area contributed by atoms with Crippen molar-refractivity contribution in [2.45, 2.75) is 38.6 Å². The molecule has 0 radical (unpaired) electrons. The van der Waals surface area contributed by atoms with E-state index < -0.39 is 11.7 Å². The second kappa shape index (κ2) is 11.1. The maximum Gasteiger partial charge on any atom is 0.140 e. The zero-order valence-corrected chi connectivity index (χ0v) is 16.3. The molecule has 3 unspecified atom stereocenters. The van der Waals surface area contributed by atoms with Crippen LogP contribution in [0.15, 0.2) is 30.3 Å². The van der Waals surface area contributed by atoms with Gasteiger partial charge in [-0.2, -0.15) is 0 Å². The van der Waals surface area contributed by atoms with Crippen LogP contribution in [0.4, 0.5) is 0 Å². The predicted molar refractivity (Wildman–Crippen MR) is 101 cm³/mol. The highest BCUT2D eigenvalue weighted by Gasteiger charge is 2.39. The van der Waals surface area contributed by atoms with Crippen molar-refractivity contribution in [1.29, 1.82) is 0 Å². The molecule has 1 aliphatic heterocycles. The smallest absolute Gasteiger partial charge is 0.140 e. The van der Waals surface area contributed by atoms with Gasteiger partial charge in [0.25, 0.3) is 0 Å². The standard InChI is InChI=1S/C19H31NO4.ClH/c1-15(2)9-20-10-18(21)12-23-14-19(13-22-11-16(3)24-19)17-7-5-4-6-8-17;/h4-8,15-16,18,20-21H,9-14H2,1-3H3;1H. The Hall–Kier alpha value is -0.690. The van der Waals surface area contributed by atoms with Gasteiger partial charge in [0.05, 0.1) is 38.6 Å². The molecule has 0 spiro atoms. The molecule has 25 heavy (non-hydrogen) atoms. The van der Waals surface area contributed by atoms with Gasteiger partial charge in [-0.15, -0.1) is 12.4 Å². The first-order valence-electron chi connectivity index (χ1n) is 8.79. The average Bonchev–Trinajstić information content (AvgIpc) is 2.55. The molecule has 1 saturated heterocycles. The van der Waals surface area contributed by atoms with E-state index in [0.29, 0.717) is 32.3 Å². The highest BCUT2D eigenvalue weighted by atomic mass is 35.5. The van der Waals surface area contributed by atoms with E-state index in [4.69, 9.17) is 14.2 Å². The Bertz CT molecular complexity index is 474. The Kier molecular flexibility index (Phi) is 9.94. The summed E-state index contributed by atoms with van der Waals surface area (Å²) in [6.07, 6.45) is -0.515. The molecule has 1 heterocycles. The molecule has 0 aromatic heterocycles. The summed E-state index contributed by atoms with van der Waals surface area (Å²) >= 11 is 0.